The Hall–Kier alpha value is -1.60. The minimum absolute atomic E-state index is 0.0856. The largest absolute Gasteiger partial charge is 0.391 e. The van der Waals surface area contributed by atoms with Crippen molar-refractivity contribution in [2.75, 3.05) is 5.75 Å². The highest BCUT2D eigenvalue weighted by Crippen LogP contribution is 2.38. The molecular weight excluding hydrogens is 350 g/mol. The van der Waals surface area contributed by atoms with Crippen LogP contribution in [0.15, 0.2) is 23.2 Å². The number of thioether (sulfide) groups is 1. The lowest BCUT2D eigenvalue weighted by atomic mass is 10.0. The minimum Gasteiger partial charge on any atom is -0.391 e. The number of amidine groups is 1. The molecule has 6 nitrogen and oxygen atoms in total. The molecule has 7 heteroatoms. The molecule has 3 rings (SSSR count). The van der Waals surface area contributed by atoms with Crippen LogP contribution in [-0.2, 0) is 0 Å². The second-order valence-electron chi connectivity index (χ2n) is 7.51. The topological polar surface area (TPSA) is 79.0 Å². The first-order valence-electron chi connectivity index (χ1n) is 9.34. The molecule has 1 saturated heterocycles. The van der Waals surface area contributed by atoms with Gasteiger partial charge in [-0.1, -0.05) is 38.5 Å². The maximum atomic E-state index is 11.1. The van der Waals surface area contributed by atoms with E-state index in [9.17, 15) is 15.2 Å². The Kier molecular flexibility index (Phi) is 5.87. The summed E-state index contributed by atoms with van der Waals surface area (Å²) in [7, 11) is 0. The third-order valence-electron chi connectivity index (χ3n) is 5.30. The maximum Gasteiger partial charge on any atom is 0.269 e. The van der Waals surface area contributed by atoms with Crippen LogP contribution >= 0.6 is 11.8 Å². The number of benzene rings is 1. The SMILES string of the molecule is CC(C)c1cc([N+](=O)[O-])ccc1N=C1SC[C@@H]([C@@H](C)O)N1C1CCCC1. The number of non-ortho nitro benzene ring substituents is 1. The molecule has 1 aliphatic carbocycles. The van der Waals surface area contributed by atoms with E-state index in [0.717, 1.165) is 35.0 Å². The van der Waals surface area contributed by atoms with Crippen molar-refractivity contribution in [1.29, 1.82) is 0 Å². The van der Waals surface area contributed by atoms with Gasteiger partial charge in [0, 0.05) is 23.9 Å². The monoisotopic (exact) mass is 377 g/mol. The Morgan fingerprint density at radius 2 is 2.00 bits per heavy atom. The molecule has 2 aliphatic rings. The Balaban J connectivity index is 1.98. The molecule has 1 heterocycles. The summed E-state index contributed by atoms with van der Waals surface area (Å²) < 4.78 is 0. The third kappa shape index (κ3) is 3.88. The molecule has 1 aliphatic heterocycles. The molecule has 142 valence electrons. The number of hydrogen-bond acceptors (Lipinski definition) is 5. The predicted octanol–water partition coefficient (Wildman–Crippen LogP) is 4.45. The van der Waals surface area contributed by atoms with Crippen molar-refractivity contribution >= 4 is 28.3 Å². The summed E-state index contributed by atoms with van der Waals surface area (Å²) in [5.74, 6) is 0.977. The molecule has 0 radical (unpaired) electrons. The van der Waals surface area contributed by atoms with Crippen LogP contribution in [-0.4, -0.2) is 44.0 Å². The number of aliphatic hydroxyl groups is 1. The Bertz CT molecular complexity index is 699. The molecule has 1 saturated carbocycles. The van der Waals surface area contributed by atoms with Crippen molar-refractivity contribution < 1.29 is 10.0 Å². The normalized spacial score (nSPS) is 24.0. The fourth-order valence-corrected chi connectivity index (χ4v) is 5.21. The van der Waals surface area contributed by atoms with Crippen LogP contribution in [0, 0.1) is 10.1 Å². The van der Waals surface area contributed by atoms with Crippen molar-refractivity contribution in [3.63, 3.8) is 0 Å². The summed E-state index contributed by atoms with van der Waals surface area (Å²) in [6.07, 6.45) is 4.32. The zero-order valence-corrected chi connectivity index (χ0v) is 16.4. The summed E-state index contributed by atoms with van der Waals surface area (Å²) in [6.45, 7) is 5.90. The lowest BCUT2D eigenvalue weighted by Gasteiger charge is -2.33. The Labute approximate surface area is 158 Å². The van der Waals surface area contributed by atoms with Crippen molar-refractivity contribution in [3.05, 3.63) is 33.9 Å². The second-order valence-corrected chi connectivity index (χ2v) is 8.50. The summed E-state index contributed by atoms with van der Waals surface area (Å²) in [5, 5.41) is 22.3. The Morgan fingerprint density at radius 1 is 1.31 bits per heavy atom. The van der Waals surface area contributed by atoms with Crippen LogP contribution in [0.5, 0.6) is 0 Å². The van der Waals surface area contributed by atoms with Gasteiger partial charge in [0.05, 0.1) is 22.8 Å². The van der Waals surface area contributed by atoms with E-state index in [0.29, 0.717) is 6.04 Å². The molecule has 0 unspecified atom stereocenters. The molecule has 1 N–H and O–H groups in total. The van der Waals surface area contributed by atoms with Gasteiger partial charge in [0.25, 0.3) is 5.69 Å². The number of aliphatic imine (C=N–C) groups is 1. The third-order valence-corrected chi connectivity index (χ3v) is 6.36. The predicted molar refractivity (Wildman–Crippen MR) is 106 cm³/mol. The van der Waals surface area contributed by atoms with E-state index in [4.69, 9.17) is 4.99 Å². The highest BCUT2D eigenvalue weighted by molar-refractivity contribution is 8.14. The molecule has 0 aromatic heterocycles. The minimum atomic E-state index is -0.405. The molecule has 0 bridgehead atoms. The van der Waals surface area contributed by atoms with Gasteiger partial charge in [-0.05, 0) is 37.3 Å². The van der Waals surface area contributed by atoms with Crippen LogP contribution < -0.4 is 0 Å². The molecule has 2 fully saturated rings. The highest BCUT2D eigenvalue weighted by atomic mass is 32.2. The van der Waals surface area contributed by atoms with Crippen LogP contribution in [0.25, 0.3) is 0 Å². The first-order valence-corrected chi connectivity index (χ1v) is 10.3. The number of hydrogen-bond donors (Lipinski definition) is 1. The smallest absolute Gasteiger partial charge is 0.269 e. The highest BCUT2D eigenvalue weighted by Gasteiger charge is 2.39. The van der Waals surface area contributed by atoms with E-state index in [1.54, 1.807) is 23.9 Å². The maximum absolute atomic E-state index is 11.1. The van der Waals surface area contributed by atoms with Crippen molar-refractivity contribution in [1.82, 2.24) is 4.90 Å². The average molecular weight is 378 g/mol. The van der Waals surface area contributed by atoms with Crippen LogP contribution in [0.1, 0.15) is 57.9 Å². The zero-order valence-electron chi connectivity index (χ0n) is 15.6. The van der Waals surface area contributed by atoms with Gasteiger partial charge in [0.1, 0.15) is 0 Å². The number of nitro benzene ring substituents is 1. The van der Waals surface area contributed by atoms with E-state index in [-0.39, 0.29) is 22.6 Å². The lowest BCUT2D eigenvalue weighted by Crippen LogP contribution is -2.46. The van der Waals surface area contributed by atoms with Gasteiger partial charge < -0.3 is 10.0 Å². The van der Waals surface area contributed by atoms with Crippen molar-refractivity contribution in [3.8, 4) is 0 Å². The van der Waals surface area contributed by atoms with Crippen LogP contribution in [0.3, 0.4) is 0 Å². The number of nitrogens with zero attached hydrogens (tertiary/aromatic N) is 3. The first kappa shape index (κ1) is 19.2. The van der Waals surface area contributed by atoms with E-state index in [2.05, 4.69) is 4.90 Å². The molecule has 26 heavy (non-hydrogen) atoms. The summed E-state index contributed by atoms with van der Waals surface area (Å²) in [5.41, 5.74) is 1.78. The number of rotatable bonds is 5. The van der Waals surface area contributed by atoms with E-state index in [1.165, 1.54) is 18.9 Å². The van der Waals surface area contributed by atoms with Gasteiger partial charge in [-0.15, -0.1) is 0 Å². The molecule has 2 atom stereocenters. The van der Waals surface area contributed by atoms with Gasteiger partial charge in [0.15, 0.2) is 5.17 Å². The van der Waals surface area contributed by atoms with Crippen molar-refractivity contribution in [2.45, 2.75) is 70.6 Å². The number of aliphatic hydroxyl groups excluding tert-OH is 1. The quantitative estimate of drug-likeness (QED) is 0.606. The van der Waals surface area contributed by atoms with E-state index in [1.807, 2.05) is 20.8 Å². The van der Waals surface area contributed by atoms with Crippen molar-refractivity contribution in [2.24, 2.45) is 4.99 Å². The fraction of sp³-hybridized carbons (Fsp3) is 0.632. The summed E-state index contributed by atoms with van der Waals surface area (Å²) in [6, 6.07) is 5.43. The summed E-state index contributed by atoms with van der Waals surface area (Å²) >= 11 is 1.68. The molecule has 0 spiro atoms. The van der Waals surface area contributed by atoms with E-state index < -0.39 is 6.10 Å². The second kappa shape index (κ2) is 7.96. The molecule has 1 aromatic carbocycles. The fourth-order valence-electron chi connectivity index (χ4n) is 3.85. The first-order chi connectivity index (χ1) is 12.4. The van der Waals surface area contributed by atoms with Gasteiger partial charge in [-0.2, -0.15) is 0 Å². The van der Waals surface area contributed by atoms with Gasteiger partial charge in [0.2, 0.25) is 0 Å². The average Bonchev–Trinajstić information content (AvgIpc) is 3.23. The summed E-state index contributed by atoms with van der Waals surface area (Å²) in [4.78, 5) is 18.0. The lowest BCUT2D eigenvalue weighted by molar-refractivity contribution is -0.384. The molecular formula is C19H27N3O3S. The van der Waals surface area contributed by atoms with Gasteiger partial charge in [-0.25, -0.2) is 4.99 Å². The van der Waals surface area contributed by atoms with Crippen LogP contribution in [0.4, 0.5) is 11.4 Å². The molecule has 0 amide bonds. The molecule has 1 aromatic rings. The van der Waals surface area contributed by atoms with E-state index >= 15 is 0 Å². The number of nitro groups is 1. The standard InChI is InChI=1S/C19H27N3O3S/c1-12(2)16-10-15(22(24)25)8-9-17(16)20-19-21(14-6-4-5-7-14)18(11-26-19)13(3)23/h8-10,12-14,18,23H,4-7,11H2,1-3H3/t13-,18+/m1/s1. The van der Waals surface area contributed by atoms with Gasteiger partial charge >= 0.3 is 0 Å². The van der Waals surface area contributed by atoms with Gasteiger partial charge in [-0.3, -0.25) is 10.1 Å². The zero-order chi connectivity index (χ0) is 18.8. The Morgan fingerprint density at radius 3 is 2.58 bits per heavy atom. The van der Waals surface area contributed by atoms with Crippen LogP contribution in [0.2, 0.25) is 0 Å².